The molecule has 6 nitrogen and oxygen atoms in total. The molecule has 1 unspecified atom stereocenters. The van der Waals surface area contributed by atoms with Crippen LogP contribution in [-0.2, 0) is 16.1 Å². The molecule has 0 amide bonds. The summed E-state index contributed by atoms with van der Waals surface area (Å²) < 4.78 is 1.89. The fraction of sp³-hybridized carbons (Fsp3) is 0.261. The molecule has 0 saturated heterocycles. The minimum absolute atomic E-state index is 0.357. The predicted molar refractivity (Wildman–Crippen MR) is 121 cm³/mol. The van der Waals surface area contributed by atoms with E-state index >= 15 is 0 Å². The van der Waals surface area contributed by atoms with Crippen LogP contribution in [-0.4, -0.2) is 37.5 Å². The Morgan fingerprint density at radius 3 is 2.32 bits per heavy atom. The molecule has 8 heteroatoms. The van der Waals surface area contributed by atoms with Crippen LogP contribution in [0.15, 0.2) is 66.0 Å². The van der Waals surface area contributed by atoms with Gasteiger partial charge in [0, 0.05) is 22.4 Å². The predicted octanol–water partition coefficient (Wildman–Crippen LogP) is 5.00. The Hall–Kier alpha value is -2.77. The summed E-state index contributed by atoms with van der Waals surface area (Å²) in [5, 5.41) is 20.8. The van der Waals surface area contributed by atoms with Gasteiger partial charge < -0.3 is 14.8 Å². The Morgan fingerprint density at radius 2 is 1.71 bits per heavy atom. The first-order chi connectivity index (χ1) is 14.9. The molecule has 0 spiro atoms. The molecule has 162 valence electrons. The van der Waals surface area contributed by atoms with E-state index in [1.165, 1.54) is 0 Å². The van der Waals surface area contributed by atoms with Crippen molar-refractivity contribution in [1.82, 2.24) is 9.55 Å². The zero-order valence-electron chi connectivity index (χ0n) is 16.9. The van der Waals surface area contributed by atoms with E-state index in [-0.39, 0.29) is 0 Å². The lowest BCUT2D eigenvalue weighted by Gasteiger charge is -2.24. The summed E-state index contributed by atoms with van der Waals surface area (Å²) in [5.41, 5.74) is 1.97. The van der Waals surface area contributed by atoms with Gasteiger partial charge >= 0.3 is 11.9 Å². The number of hydrogen-bond acceptors (Lipinski definition) is 4. The molecule has 0 bridgehead atoms. The Balaban J connectivity index is 2.18. The minimum atomic E-state index is -1.66. The molecule has 0 fully saturated rings. The molecule has 0 radical (unpaired) electrons. The van der Waals surface area contributed by atoms with Gasteiger partial charge in [-0.25, -0.2) is 4.98 Å². The Morgan fingerprint density at radius 1 is 1.06 bits per heavy atom. The highest BCUT2D eigenvalue weighted by Gasteiger charge is 2.39. The maximum Gasteiger partial charge on any atom is 0.318 e. The fourth-order valence-electron chi connectivity index (χ4n) is 3.47. The molecule has 1 heterocycles. The van der Waals surface area contributed by atoms with Crippen LogP contribution in [0.3, 0.4) is 0 Å². The zero-order chi connectivity index (χ0) is 22.4. The highest BCUT2D eigenvalue weighted by molar-refractivity contribution is 7.99. The molecule has 1 aromatic heterocycles. The molecule has 31 heavy (non-hydrogen) atoms. The molecule has 0 aliphatic rings. The standard InChI is InChI=1S/C23H23ClN2O4S/c1-2-12-31-23-25-13-18(26(23)14-16-10-6-7-11-17(16)24)19(15-8-4-3-5-9-15)20(21(27)28)22(29)30/h3-11,13,19-20H,2,12,14H2,1H3,(H,27,28)(H,29,30). The van der Waals surface area contributed by atoms with E-state index < -0.39 is 23.8 Å². The van der Waals surface area contributed by atoms with Crippen molar-refractivity contribution in [2.75, 3.05) is 5.75 Å². The number of thioether (sulfide) groups is 1. The molecule has 2 aromatic carbocycles. The third-order valence-corrected chi connectivity index (χ3v) is 6.48. The second-order valence-corrected chi connectivity index (χ2v) is 8.50. The van der Waals surface area contributed by atoms with Crippen LogP contribution in [0.1, 0.15) is 36.1 Å². The molecular formula is C23H23ClN2O4S. The average Bonchev–Trinajstić information content (AvgIpc) is 3.14. The zero-order valence-corrected chi connectivity index (χ0v) is 18.5. The van der Waals surface area contributed by atoms with Gasteiger partial charge in [0.25, 0.3) is 0 Å². The normalized spacial score (nSPS) is 12.1. The Labute approximate surface area is 189 Å². The van der Waals surface area contributed by atoms with Gasteiger partial charge in [-0.1, -0.05) is 78.8 Å². The summed E-state index contributed by atoms with van der Waals surface area (Å²) in [6.45, 7) is 2.42. The summed E-state index contributed by atoms with van der Waals surface area (Å²) in [7, 11) is 0. The monoisotopic (exact) mass is 458 g/mol. The van der Waals surface area contributed by atoms with Crippen LogP contribution in [0.4, 0.5) is 0 Å². The minimum Gasteiger partial charge on any atom is -0.481 e. The van der Waals surface area contributed by atoms with Crippen LogP contribution < -0.4 is 0 Å². The SMILES string of the molecule is CCCSc1ncc(C(c2ccccc2)C(C(=O)O)C(=O)O)n1Cc1ccccc1Cl. The van der Waals surface area contributed by atoms with E-state index in [0.717, 1.165) is 17.7 Å². The first-order valence-corrected chi connectivity index (χ1v) is 11.2. The number of carboxylic acid groups (broad SMARTS) is 2. The summed E-state index contributed by atoms with van der Waals surface area (Å²) in [5.74, 6) is -4.53. The molecule has 1 atom stereocenters. The fourth-order valence-corrected chi connectivity index (χ4v) is 4.50. The number of rotatable bonds is 10. The number of carbonyl (C=O) groups is 2. The van der Waals surface area contributed by atoms with Gasteiger partial charge in [-0.2, -0.15) is 0 Å². The molecule has 0 aliphatic heterocycles. The number of halogens is 1. The maximum atomic E-state index is 12.0. The van der Waals surface area contributed by atoms with E-state index in [1.54, 1.807) is 54.4 Å². The second kappa shape index (κ2) is 10.5. The molecule has 0 aliphatic carbocycles. The Bertz CT molecular complexity index is 1040. The molecular weight excluding hydrogens is 436 g/mol. The number of imidazole rings is 1. The van der Waals surface area contributed by atoms with Gasteiger partial charge in [0.15, 0.2) is 11.1 Å². The van der Waals surface area contributed by atoms with E-state index in [9.17, 15) is 19.8 Å². The van der Waals surface area contributed by atoms with Crippen molar-refractivity contribution in [2.45, 2.75) is 31.0 Å². The second-order valence-electron chi connectivity index (χ2n) is 7.03. The quantitative estimate of drug-likeness (QED) is 0.328. The van der Waals surface area contributed by atoms with Crippen LogP contribution >= 0.6 is 23.4 Å². The summed E-state index contributed by atoms with van der Waals surface area (Å²) in [6.07, 6.45) is 2.53. The summed E-state index contributed by atoms with van der Waals surface area (Å²) >= 11 is 7.93. The lowest BCUT2D eigenvalue weighted by atomic mass is 9.83. The van der Waals surface area contributed by atoms with E-state index in [2.05, 4.69) is 11.9 Å². The largest absolute Gasteiger partial charge is 0.481 e. The number of aliphatic carboxylic acids is 2. The van der Waals surface area contributed by atoms with Gasteiger partial charge in [0.1, 0.15) is 0 Å². The molecule has 2 N–H and O–H groups in total. The lowest BCUT2D eigenvalue weighted by Crippen LogP contribution is -2.32. The topological polar surface area (TPSA) is 92.4 Å². The van der Waals surface area contributed by atoms with E-state index in [0.29, 0.717) is 28.0 Å². The first kappa shape index (κ1) is 22.9. The third-order valence-electron chi connectivity index (χ3n) is 4.91. The van der Waals surface area contributed by atoms with Crippen LogP contribution in [0.2, 0.25) is 5.02 Å². The Kier molecular flexibility index (Phi) is 7.76. The van der Waals surface area contributed by atoms with Crippen LogP contribution in [0.25, 0.3) is 0 Å². The van der Waals surface area contributed by atoms with Crippen molar-refractivity contribution in [3.8, 4) is 0 Å². The smallest absolute Gasteiger partial charge is 0.318 e. The average molecular weight is 459 g/mol. The van der Waals surface area contributed by atoms with Gasteiger partial charge in [-0.15, -0.1) is 0 Å². The summed E-state index contributed by atoms with van der Waals surface area (Å²) in [6, 6.07) is 16.2. The van der Waals surface area contributed by atoms with Crippen molar-refractivity contribution in [1.29, 1.82) is 0 Å². The third kappa shape index (κ3) is 5.29. The van der Waals surface area contributed by atoms with Gasteiger partial charge in [-0.05, 0) is 23.6 Å². The van der Waals surface area contributed by atoms with Crippen LogP contribution in [0.5, 0.6) is 0 Å². The first-order valence-electron chi connectivity index (χ1n) is 9.86. The van der Waals surface area contributed by atoms with Gasteiger partial charge in [0.05, 0.1) is 12.7 Å². The number of hydrogen-bond donors (Lipinski definition) is 2. The summed E-state index contributed by atoms with van der Waals surface area (Å²) in [4.78, 5) is 28.5. The highest BCUT2D eigenvalue weighted by atomic mass is 35.5. The van der Waals surface area contributed by atoms with Crippen molar-refractivity contribution in [3.05, 3.63) is 82.6 Å². The van der Waals surface area contributed by atoms with E-state index in [1.807, 2.05) is 22.8 Å². The molecule has 0 saturated carbocycles. The van der Waals surface area contributed by atoms with E-state index in [4.69, 9.17) is 11.6 Å². The van der Waals surface area contributed by atoms with Crippen molar-refractivity contribution < 1.29 is 19.8 Å². The van der Waals surface area contributed by atoms with Crippen molar-refractivity contribution >= 4 is 35.3 Å². The highest BCUT2D eigenvalue weighted by Crippen LogP contribution is 2.36. The molecule has 3 rings (SSSR count). The maximum absolute atomic E-state index is 12.0. The van der Waals surface area contributed by atoms with Gasteiger partial charge in [-0.3, -0.25) is 9.59 Å². The number of aromatic nitrogens is 2. The van der Waals surface area contributed by atoms with Crippen LogP contribution in [0, 0.1) is 5.92 Å². The lowest BCUT2D eigenvalue weighted by molar-refractivity contribution is -0.155. The number of benzene rings is 2. The molecule has 3 aromatic rings. The van der Waals surface area contributed by atoms with Gasteiger partial charge in [0.2, 0.25) is 0 Å². The number of carboxylic acids is 2. The number of nitrogens with zero attached hydrogens (tertiary/aromatic N) is 2. The van der Waals surface area contributed by atoms with Crippen molar-refractivity contribution in [3.63, 3.8) is 0 Å². The van der Waals surface area contributed by atoms with Crippen molar-refractivity contribution in [2.24, 2.45) is 5.92 Å².